The van der Waals surface area contributed by atoms with Gasteiger partial charge in [-0.1, -0.05) is 18.2 Å². The van der Waals surface area contributed by atoms with Gasteiger partial charge in [-0.25, -0.2) is 4.39 Å². The highest BCUT2D eigenvalue weighted by Gasteiger charge is 2.13. The van der Waals surface area contributed by atoms with Gasteiger partial charge < -0.3 is 10.6 Å². The molecule has 0 radical (unpaired) electrons. The van der Waals surface area contributed by atoms with Crippen LogP contribution in [0, 0.1) is 12.7 Å². The Morgan fingerprint density at radius 3 is 2.50 bits per heavy atom. The van der Waals surface area contributed by atoms with Crippen LogP contribution in [0.5, 0.6) is 0 Å². The van der Waals surface area contributed by atoms with Gasteiger partial charge in [0.25, 0.3) is 0 Å². The molecule has 0 aliphatic rings. The Bertz CT molecular complexity index is 1070. The van der Waals surface area contributed by atoms with Crippen molar-refractivity contribution in [2.24, 2.45) is 7.05 Å². The lowest BCUT2D eigenvalue weighted by Gasteiger charge is -2.12. The summed E-state index contributed by atoms with van der Waals surface area (Å²) in [5.41, 5.74) is 3.47. The van der Waals surface area contributed by atoms with E-state index < -0.39 is 0 Å². The Balaban J connectivity index is 1.76. The van der Waals surface area contributed by atoms with E-state index in [0.717, 1.165) is 16.6 Å². The van der Waals surface area contributed by atoms with Crippen LogP contribution in [0.2, 0.25) is 0 Å². The fraction of sp³-hybridized carbons (Fsp3) is 0.105. The number of halogens is 1. The summed E-state index contributed by atoms with van der Waals surface area (Å²) in [6, 6.07) is 14.0. The third-order valence-corrected chi connectivity index (χ3v) is 4.09. The Morgan fingerprint density at radius 1 is 0.962 bits per heavy atom. The average molecular weight is 348 g/mol. The third kappa shape index (κ3) is 3.06. The molecule has 0 saturated carbocycles. The maximum Gasteiger partial charge on any atom is 0.231 e. The van der Waals surface area contributed by atoms with Crippen LogP contribution < -0.4 is 10.6 Å². The molecule has 4 aromatic rings. The number of hydrogen-bond donors (Lipinski definition) is 2. The number of benzene rings is 2. The molecule has 130 valence electrons. The second-order valence-corrected chi connectivity index (χ2v) is 5.97. The highest BCUT2D eigenvalue weighted by molar-refractivity contribution is 5.90. The van der Waals surface area contributed by atoms with Crippen molar-refractivity contribution < 1.29 is 4.39 Å². The van der Waals surface area contributed by atoms with Crippen LogP contribution in [0.1, 0.15) is 5.56 Å². The van der Waals surface area contributed by atoms with Gasteiger partial charge in [-0.3, -0.25) is 4.68 Å². The summed E-state index contributed by atoms with van der Waals surface area (Å²) in [6.07, 6.45) is 1.73. The molecule has 7 heteroatoms. The predicted octanol–water partition coefficient (Wildman–Crippen LogP) is 4.30. The first-order valence-corrected chi connectivity index (χ1v) is 8.15. The van der Waals surface area contributed by atoms with Gasteiger partial charge in [-0.2, -0.15) is 15.1 Å². The summed E-state index contributed by atoms with van der Waals surface area (Å²) in [5, 5.41) is 11.6. The van der Waals surface area contributed by atoms with Crippen molar-refractivity contribution in [2.45, 2.75) is 6.92 Å². The summed E-state index contributed by atoms with van der Waals surface area (Å²) < 4.78 is 14.8. The lowest BCUT2D eigenvalue weighted by molar-refractivity contribution is 0.628. The maximum atomic E-state index is 13.1. The Hall–Kier alpha value is -3.48. The van der Waals surface area contributed by atoms with Crippen molar-refractivity contribution in [3.05, 3.63) is 66.1 Å². The van der Waals surface area contributed by atoms with Crippen molar-refractivity contribution in [3.63, 3.8) is 0 Å². The molecule has 0 saturated heterocycles. The van der Waals surface area contributed by atoms with Crippen LogP contribution in [0.15, 0.2) is 54.7 Å². The van der Waals surface area contributed by atoms with E-state index in [1.54, 1.807) is 23.0 Å². The zero-order chi connectivity index (χ0) is 18.1. The van der Waals surface area contributed by atoms with E-state index in [4.69, 9.17) is 0 Å². The topological polar surface area (TPSA) is 67.7 Å². The number of hydrogen-bond acceptors (Lipinski definition) is 5. The molecule has 26 heavy (non-hydrogen) atoms. The molecule has 0 amide bonds. The van der Waals surface area contributed by atoms with E-state index in [9.17, 15) is 4.39 Å². The quantitative estimate of drug-likeness (QED) is 0.576. The Kier molecular flexibility index (Phi) is 3.96. The molecule has 2 aromatic heterocycles. The zero-order valence-corrected chi connectivity index (χ0v) is 14.4. The molecule has 0 spiro atoms. The van der Waals surface area contributed by atoms with Crippen molar-refractivity contribution in [2.75, 3.05) is 10.6 Å². The van der Waals surface area contributed by atoms with Gasteiger partial charge in [-0.15, -0.1) is 0 Å². The highest BCUT2D eigenvalue weighted by Crippen LogP contribution is 2.27. The van der Waals surface area contributed by atoms with E-state index in [2.05, 4.69) is 25.7 Å². The molecule has 2 heterocycles. The fourth-order valence-corrected chi connectivity index (χ4v) is 2.68. The Morgan fingerprint density at radius 2 is 1.73 bits per heavy atom. The minimum atomic E-state index is -0.291. The SMILES string of the molecule is Cc1ccccc1Nc1nc(Nc2ccc(F)cc2)nc2c1cnn2C. The van der Waals surface area contributed by atoms with Crippen LogP contribution in [0.4, 0.5) is 27.5 Å². The molecule has 6 nitrogen and oxygen atoms in total. The molecular weight excluding hydrogens is 331 g/mol. The molecule has 0 bridgehead atoms. The minimum absolute atomic E-state index is 0.291. The van der Waals surface area contributed by atoms with Crippen LogP contribution in [-0.4, -0.2) is 19.7 Å². The largest absolute Gasteiger partial charge is 0.339 e. The first-order valence-electron chi connectivity index (χ1n) is 8.15. The molecule has 0 atom stereocenters. The molecule has 0 aliphatic heterocycles. The van der Waals surface area contributed by atoms with Crippen LogP contribution in [0.25, 0.3) is 11.0 Å². The van der Waals surface area contributed by atoms with Gasteiger partial charge in [0.05, 0.1) is 11.6 Å². The van der Waals surface area contributed by atoms with Crippen molar-refractivity contribution in [3.8, 4) is 0 Å². The van der Waals surface area contributed by atoms with E-state index in [1.165, 1.54) is 12.1 Å². The summed E-state index contributed by atoms with van der Waals surface area (Å²) >= 11 is 0. The molecule has 0 fully saturated rings. The number of nitrogens with zero attached hydrogens (tertiary/aromatic N) is 4. The number of nitrogens with one attached hydrogen (secondary N) is 2. The van der Waals surface area contributed by atoms with Gasteiger partial charge in [-0.05, 0) is 42.8 Å². The number of fused-ring (bicyclic) bond motifs is 1. The van der Waals surface area contributed by atoms with Crippen molar-refractivity contribution in [1.82, 2.24) is 19.7 Å². The number of rotatable bonds is 4. The monoisotopic (exact) mass is 348 g/mol. The summed E-state index contributed by atoms with van der Waals surface area (Å²) in [4.78, 5) is 9.11. The van der Waals surface area contributed by atoms with Gasteiger partial charge >= 0.3 is 0 Å². The third-order valence-electron chi connectivity index (χ3n) is 4.09. The van der Waals surface area contributed by atoms with E-state index in [1.807, 2.05) is 38.2 Å². The minimum Gasteiger partial charge on any atom is -0.339 e. The van der Waals surface area contributed by atoms with Crippen molar-refractivity contribution >= 4 is 34.2 Å². The van der Waals surface area contributed by atoms with Crippen LogP contribution in [0.3, 0.4) is 0 Å². The summed E-state index contributed by atoms with van der Waals surface area (Å²) in [6.45, 7) is 2.03. The number of aryl methyl sites for hydroxylation is 2. The maximum absolute atomic E-state index is 13.1. The normalized spacial score (nSPS) is 10.9. The van der Waals surface area contributed by atoms with E-state index >= 15 is 0 Å². The first kappa shape index (κ1) is 16.0. The van der Waals surface area contributed by atoms with Gasteiger partial charge in [0, 0.05) is 18.4 Å². The smallest absolute Gasteiger partial charge is 0.231 e. The summed E-state index contributed by atoms with van der Waals surface area (Å²) in [5.74, 6) is 0.770. The highest BCUT2D eigenvalue weighted by atomic mass is 19.1. The standard InChI is InChI=1S/C19H17FN6/c1-12-5-3-4-6-16(12)23-17-15-11-21-26(2)18(15)25-19(24-17)22-14-9-7-13(20)8-10-14/h3-11H,1-2H3,(H2,22,23,24,25). The van der Waals surface area contributed by atoms with Gasteiger partial charge in [0.15, 0.2) is 5.65 Å². The number of anilines is 4. The second-order valence-electron chi connectivity index (χ2n) is 5.97. The molecular formula is C19H17FN6. The molecule has 2 aromatic carbocycles. The molecule has 2 N–H and O–H groups in total. The first-order chi connectivity index (χ1) is 12.6. The van der Waals surface area contributed by atoms with Crippen LogP contribution in [-0.2, 0) is 7.05 Å². The van der Waals surface area contributed by atoms with Crippen molar-refractivity contribution in [1.29, 1.82) is 0 Å². The molecule has 0 unspecified atom stereocenters. The fourth-order valence-electron chi connectivity index (χ4n) is 2.68. The zero-order valence-electron chi connectivity index (χ0n) is 14.4. The van der Waals surface area contributed by atoms with E-state index in [-0.39, 0.29) is 5.82 Å². The van der Waals surface area contributed by atoms with E-state index in [0.29, 0.717) is 23.1 Å². The Labute approximate surface area is 149 Å². The second kappa shape index (κ2) is 6.44. The van der Waals surface area contributed by atoms with Gasteiger partial charge in [0.2, 0.25) is 5.95 Å². The lowest BCUT2D eigenvalue weighted by atomic mass is 10.2. The molecule has 0 aliphatic carbocycles. The number of aromatic nitrogens is 4. The summed E-state index contributed by atoms with van der Waals surface area (Å²) in [7, 11) is 1.83. The average Bonchev–Trinajstić information content (AvgIpc) is 3.00. The van der Waals surface area contributed by atoms with Gasteiger partial charge in [0.1, 0.15) is 11.6 Å². The van der Waals surface area contributed by atoms with Crippen LogP contribution >= 0.6 is 0 Å². The predicted molar refractivity (Wildman–Crippen MR) is 100 cm³/mol. The number of para-hydroxylation sites is 1. The molecule has 4 rings (SSSR count). The lowest BCUT2D eigenvalue weighted by Crippen LogP contribution is -2.04.